The topological polar surface area (TPSA) is 122 Å². The molecule has 0 radical (unpaired) electrons. The van der Waals surface area contributed by atoms with Gasteiger partial charge < -0.3 is 15.0 Å². The molecule has 0 aliphatic rings. The third-order valence-corrected chi connectivity index (χ3v) is 7.62. The number of nitrogens with one attached hydrogen (secondary N) is 2. The Hall–Kier alpha value is -4.18. The Balaban J connectivity index is 1.77. The van der Waals surface area contributed by atoms with Crippen molar-refractivity contribution >= 4 is 33.5 Å². The molecule has 0 saturated heterocycles. The lowest BCUT2D eigenvalue weighted by Crippen LogP contribution is -2.51. The first kappa shape index (κ1) is 32.3. The molecule has 10 heteroatoms. The third kappa shape index (κ3) is 11.0. The average molecular weight is 594 g/mol. The predicted molar refractivity (Wildman–Crippen MR) is 163 cm³/mol. The van der Waals surface area contributed by atoms with Gasteiger partial charge >= 0.3 is 6.09 Å². The molecule has 3 aromatic rings. The van der Waals surface area contributed by atoms with Crippen molar-refractivity contribution in [2.45, 2.75) is 52.7 Å². The summed E-state index contributed by atoms with van der Waals surface area (Å²) in [5.41, 5.74) is 2.45. The number of carbonyl (C=O) groups is 3. The van der Waals surface area contributed by atoms with Crippen LogP contribution in [0.5, 0.6) is 0 Å². The third-order valence-electron chi connectivity index (χ3n) is 6.43. The highest BCUT2D eigenvalue weighted by atomic mass is 32.2. The Morgan fingerprint density at radius 3 is 2.14 bits per heavy atom. The quantitative estimate of drug-likeness (QED) is 0.228. The maximum atomic E-state index is 13.8. The first-order valence-electron chi connectivity index (χ1n) is 13.9. The van der Waals surface area contributed by atoms with E-state index in [2.05, 4.69) is 10.0 Å². The van der Waals surface area contributed by atoms with Crippen LogP contribution < -0.4 is 10.0 Å². The Morgan fingerprint density at radius 2 is 1.52 bits per heavy atom. The minimum atomic E-state index is -4.05. The van der Waals surface area contributed by atoms with Crippen molar-refractivity contribution in [1.29, 1.82) is 0 Å². The summed E-state index contributed by atoms with van der Waals surface area (Å²) in [7, 11) is -4.05. The van der Waals surface area contributed by atoms with Crippen molar-refractivity contribution in [1.82, 2.24) is 10.2 Å². The highest BCUT2D eigenvalue weighted by Gasteiger charge is 2.30. The van der Waals surface area contributed by atoms with Gasteiger partial charge in [0.05, 0.1) is 0 Å². The number of anilines is 1. The summed E-state index contributed by atoms with van der Waals surface area (Å²) in [5, 5.41) is 2.66. The Kier molecular flexibility index (Phi) is 12.1. The number of alkyl carbamates (subject to hydrolysis) is 1. The van der Waals surface area contributed by atoms with Crippen LogP contribution >= 0.6 is 0 Å². The van der Waals surface area contributed by atoms with Crippen LogP contribution in [-0.2, 0) is 32.6 Å². The van der Waals surface area contributed by atoms with E-state index >= 15 is 0 Å². The van der Waals surface area contributed by atoms with Crippen molar-refractivity contribution in [2.24, 2.45) is 5.92 Å². The molecule has 0 aromatic heterocycles. The fourth-order valence-corrected chi connectivity index (χ4v) is 5.61. The van der Waals surface area contributed by atoms with E-state index < -0.39 is 33.9 Å². The van der Waals surface area contributed by atoms with E-state index in [-0.39, 0.29) is 30.5 Å². The second-order valence-corrected chi connectivity index (χ2v) is 12.3. The van der Waals surface area contributed by atoms with Crippen LogP contribution in [-0.4, -0.2) is 49.6 Å². The number of ketones is 1. The lowest BCUT2D eigenvalue weighted by molar-refractivity contribution is -0.133. The first-order chi connectivity index (χ1) is 20.0. The van der Waals surface area contributed by atoms with Crippen LogP contribution in [0, 0.1) is 5.92 Å². The minimum Gasteiger partial charge on any atom is -0.445 e. The molecule has 0 saturated carbocycles. The van der Waals surface area contributed by atoms with Gasteiger partial charge in [0.2, 0.25) is 5.91 Å². The molecule has 3 rings (SSSR count). The zero-order valence-corrected chi connectivity index (χ0v) is 25.1. The van der Waals surface area contributed by atoms with Crippen molar-refractivity contribution in [3.8, 4) is 0 Å². The van der Waals surface area contributed by atoms with Crippen LogP contribution in [0.4, 0.5) is 10.5 Å². The van der Waals surface area contributed by atoms with E-state index in [1.807, 2.05) is 74.5 Å². The molecule has 1 atom stereocenters. The number of amides is 2. The number of aryl methyl sites for hydroxylation is 1. The molecule has 2 amide bonds. The SMILES string of the molecule is CC(=O)c1cccc(NS(=O)(=O)CN(CCCc2ccccc2)C(=O)[C@H](CC(C)C)NC(=O)OCc2ccccc2)c1. The Bertz CT molecular complexity index is 1430. The van der Waals surface area contributed by atoms with Gasteiger partial charge in [-0.1, -0.05) is 86.6 Å². The summed E-state index contributed by atoms with van der Waals surface area (Å²) < 4.78 is 34.3. The molecule has 0 fully saturated rings. The molecule has 2 N–H and O–H groups in total. The summed E-state index contributed by atoms with van der Waals surface area (Å²) in [6, 6.07) is 24.1. The number of rotatable bonds is 15. The molecule has 0 bridgehead atoms. The van der Waals surface area contributed by atoms with Crippen LogP contribution in [0.1, 0.15) is 55.1 Å². The number of hydrogen-bond donors (Lipinski definition) is 2. The normalized spacial score (nSPS) is 11.9. The second-order valence-electron chi connectivity index (χ2n) is 10.6. The molecule has 224 valence electrons. The number of ether oxygens (including phenoxy) is 1. The van der Waals surface area contributed by atoms with Crippen LogP contribution in [0.25, 0.3) is 0 Å². The highest BCUT2D eigenvalue weighted by Crippen LogP contribution is 2.16. The van der Waals surface area contributed by atoms with E-state index in [1.165, 1.54) is 24.0 Å². The number of hydrogen-bond acceptors (Lipinski definition) is 6. The molecule has 0 aliphatic heterocycles. The predicted octanol–water partition coefficient (Wildman–Crippen LogP) is 5.39. The fraction of sp³-hybridized carbons (Fsp3) is 0.344. The minimum absolute atomic E-state index is 0.0311. The summed E-state index contributed by atoms with van der Waals surface area (Å²) >= 11 is 0. The standard InChI is InChI=1S/C32H39N3O6S/c1-24(2)20-30(33-32(38)41-22-27-14-8-5-9-15-27)31(37)35(19-11-16-26-12-6-4-7-13-26)23-42(39,40)34-29-18-10-17-28(21-29)25(3)36/h4-10,12-15,17-18,21,24,30,34H,11,16,19-20,22-23H2,1-3H3,(H,33,38)/t30-/m0/s1. The van der Waals surface area contributed by atoms with Gasteiger partial charge in [0.1, 0.15) is 18.5 Å². The van der Waals surface area contributed by atoms with E-state index in [0.29, 0.717) is 24.8 Å². The average Bonchev–Trinajstić information content (AvgIpc) is 2.95. The molecule has 0 spiro atoms. The van der Waals surface area contributed by atoms with Crippen molar-refractivity contribution in [3.63, 3.8) is 0 Å². The summed E-state index contributed by atoms with van der Waals surface area (Å²) in [5.74, 6) is -1.31. The number of sulfonamides is 1. The maximum Gasteiger partial charge on any atom is 0.408 e. The van der Waals surface area contributed by atoms with Gasteiger partial charge in [0, 0.05) is 17.8 Å². The fourth-order valence-electron chi connectivity index (χ4n) is 4.40. The Morgan fingerprint density at radius 1 is 0.881 bits per heavy atom. The Labute approximate surface area is 248 Å². The summed E-state index contributed by atoms with van der Waals surface area (Å²) in [6.07, 6.45) is 0.685. The summed E-state index contributed by atoms with van der Waals surface area (Å²) in [6.45, 7) is 5.41. The maximum absolute atomic E-state index is 13.8. The van der Waals surface area contributed by atoms with Gasteiger partial charge in [-0.15, -0.1) is 0 Å². The molecule has 42 heavy (non-hydrogen) atoms. The molecule has 0 heterocycles. The summed E-state index contributed by atoms with van der Waals surface area (Å²) in [4.78, 5) is 39.5. The molecular weight excluding hydrogens is 554 g/mol. The number of carbonyl (C=O) groups excluding carboxylic acids is 3. The van der Waals surface area contributed by atoms with Gasteiger partial charge in [0.25, 0.3) is 10.0 Å². The lowest BCUT2D eigenvalue weighted by atomic mass is 10.0. The van der Waals surface area contributed by atoms with Crippen LogP contribution in [0.3, 0.4) is 0 Å². The molecule has 3 aromatic carbocycles. The van der Waals surface area contributed by atoms with E-state index in [9.17, 15) is 22.8 Å². The van der Waals surface area contributed by atoms with E-state index in [1.54, 1.807) is 12.1 Å². The second kappa shape index (κ2) is 15.7. The van der Waals surface area contributed by atoms with E-state index in [0.717, 1.165) is 11.1 Å². The van der Waals surface area contributed by atoms with Crippen molar-refractivity contribution in [2.75, 3.05) is 17.1 Å². The van der Waals surface area contributed by atoms with Crippen LogP contribution in [0.2, 0.25) is 0 Å². The largest absolute Gasteiger partial charge is 0.445 e. The van der Waals surface area contributed by atoms with Gasteiger partial charge in [-0.05, 0) is 55.4 Å². The van der Waals surface area contributed by atoms with E-state index in [4.69, 9.17) is 4.74 Å². The molecule has 9 nitrogen and oxygen atoms in total. The zero-order valence-electron chi connectivity index (χ0n) is 24.3. The molecule has 0 aliphatic carbocycles. The monoisotopic (exact) mass is 593 g/mol. The van der Waals surface area contributed by atoms with Crippen LogP contribution in [0.15, 0.2) is 84.9 Å². The smallest absolute Gasteiger partial charge is 0.408 e. The zero-order chi connectivity index (χ0) is 30.5. The molecule has 0 unspecified atom stereocenters. The highest BCUT2D eigenvalue weighted by molar-refractivity contribution is 7.92. The number of Topliss-reactive ketones (excluding diaryl/α,β-unsaturated/α-hetero) is 1. The number of nitrogens with zero attached hydrogens (tertiary/aromatic N) is 1. The first-order valence-corrected chi connectivity index (χ1v) is 15.6. The van der Waals surface area contributed by atoms with Crippen molar-refractivity contribution in [3.05, 3.63) is 102 Å². The van der Waals surface area contributed by atoms with Gasteiger partial charge in [-0.2, -0.15) is 0 Å². The lowest BCUT2D eigenvalue weighted by Gasteiger charge is -2.28. The van der Waals surface area contributed by atoms with Gasteiger partial charge in [-0.3, -0.25) is 14.3 Å². The van der Waals surface area contributed by atoms with Gasteiger partial charge in [-0.25, -0.2) is 13.2 Å². The van der Waals surface area contributed by atoms with Crippen molar-refractivity contribution < 1.29 is 27.5 Å². The number of benzene rings is 3. The molecular formula is C32H39N3O6S. The van der Waals surface area contributed by atoms with Gasteiger partial charge in [0.15, 0.2) is 5.78 Å².